The average Bonchev–Trinajstić information content (AvgIpc) is 2.24. The minimum atomic E-state index is 0.769. The summed E-state index contributed by atoms with van der Waals surface area (Å²) in [7, 11) is 0. The molecule has 0 aliphatic heterocycles. The Labute approximate surface area is 92.9 Å². The van der Waals surface area contributed by atoms with Crippen molar-refractivity contribution in [3.05, 3.63) is 29.8 Å². The lowest BCUT2D eigenvalue weighted by Crippen LogP contribution is -2.23. The summed E-state index contributed by atoms with van der Waals surface area (Å²) in [5.74, 6) is 0.769. The fourth-order valence-electron chi connectivity index (χ4n) is 1.47. The van der Waals surface area contributed by atoms with E-state index in [9.17, 15) is 0 Å². The molecule has 0 spiro atoms. The second-order valence-electron chi connectivity index (χ2n) is 4.21. The van der Waals surface area contributed by atoms with Gasteiger partial charge in [-0.15, -0.1) is 0 Å². The predicted molar refractivity (Wildman–Crippen MR) is 66.9 cm³/mol. The van der Waals surface area contributed by atoms with Crippen molar-refractivity contribution in [3.63, 3.8) is 0 Å². The van der Waals surface area contributed by atoms with Gasteiger partial charge in [0.25, 0.3) is 0 Å². The lowest BCUT2D eigenvalue weighted by atomic mass is 10.1. The number of benzene rings is 1. The van der Waals surface area contributed by atoms with Crippen LogP contribution in [0.15, 0.2) is 24.3 Å². The van der Waals surface area contributed by atoms with Gasteiger partial charge in [0.05, 0.1) is 0 Å². The Morgan fingerprint density at radius 3 is 2.87 bits per heavy atom. The number of nitrogens with one attached hydrogen (secondary N) is 1. The molecule has 0 fully saturated rings. The Hall–Kier alpha value is -1.02. The van der Waals surface area contributed by atoms with Crippen molar-refractivity contribution in [1.29, 1.82) is 0 Å². The van der Waals surface area contributed by atoms with E-state index >= 15 is 0 Å². The molecule has 0 aromatic heterocycles. The van der Waals surface area contributed by atoms with E-state index in [0.29, 0.717) is 0 Å². The smallest absolute Gasteiger partial charge is 0.0316 e. The van der Waals surface area contributed by atoms with Gasteiger partial charge in [-0.3, -0.25) is 0 Å². The van der Waals surface area contributed by atoms with Crippen LogP contribution in [0.4, 0.5) is 5.69 Å². The lowest BCUT2D eigenvalue weighted by Gasteiger charge is -2.09. The quantitative estimate of drug-likeness (QED) is 0.554. The van der Waals surface area contributed by atoms with Gasteiger partial charge in [-0.1, -0.05) is 32.4 Å². The summed E-state index contributed by atoms with van der Waals surface area (Å²) in [6.07, 6.45) is 2.30. The van der Waals surface area contributed by atoms with Crippen LogP contribution in [0.25, 0.3) is 0 Å². The molecule has 0 saturated carbocycles. The van der Waals surface area contributed by atoms with Crippen LogP contribution < -0.4 is 11.1 Å². The van der Waals surface area contributed by atoms with E-state index in [-0.39, 0.29) is 0 Å². The summed E-state index contributed by atoms with van der Waals surface area (Å²) in [6, 6.07) is 8.11. The zero-order valence-corrected chi connectivity index (χ0v) is 9.79. The van der Waals surface area contributed by atoms with Crippen molar-refractivity contribution < 1.29 is 0 Å². The molecular weight excluding hydrogens is 184 g/mol. The molecule has 0 saturated heterocycles. The number of hydrogen-bond acceptors (Lipinski definition) is 2. The second-order valence-corrected chi connectivity index (χ2v) is 4.21. The third-order valence-corrected chi connectivity index (χ3v) is 2.73. The number of nitrogens with two attached hydrogens (primary N) is 1. The Morgan fingerprint density at radius 1 is 1.40 bits per heavy atom. The molecule has 3 N–H and O–H groups in total. The zero-order chi connectivity index (χ0) is 11.1. The number of anilines is 1. The Morgan fingerprint density at radius 2 is 2.20 bits per heavy atom. The average molecular weight is 206 g/mol. The van der Waals surface area contributed by atoms with Crippen molar-refractivity contribution in [2.45, 2.75) is 26.7 Å². The first-order valence-electron chi connectivity index (χ1n) is 5.77. The molecule has 0 amide bonds. The maximum Gasteiger partial charge on any atom is 0.0316 e. The van der Waals surface area contributed by atoms with E-state index in [1.165, 1.54) is 12.0 Å². The first-order valence-corrected chi connectivity index (χ1v) is 5.77. The Balaban J connectivity index is 2.20. The van der Waals surface area contributed by atoms with E-state index in [4.69, 9.17) is 5.73 Å². The maximum absolute atomic E-state index is 5.71. The minimum absolute atomic E-state index is 0.769. The molecule has 84 valence electrons. The van der Waals surface area contributed by atoms with Crippen molar-refractivity contribution >= 4 is 5.69 Å². The van der Waals surface area contributed by atoms with E-state index in [1.54, 1.807) is 0 Å². The van der Waals surface area contributed by atoms with Gasteiger partial charge < -0.3 is 11.1 Å². The van der Waals surface area contributed by atoms with Gasteiger partial charge in [-0.25, -0.2) is 0 Å². The second kappa shape index (κ2) is 6.46. The zero-order valence-electron chi connectivity index (χ0n) is 9.79. The fraction of sp³-hybridized carbons (Fsp3) is 0.538. The maximum atomic E-state index is 5.71. The summed E-state index contributed by atoms with van der Waals surface area (Å²) >= 11 is 0. The Kier molecular flexibility index (Phi) is 5.19. The number of hydrogen-bond donors (Lipinski definition) is 2. The SMILES string of the molecule is CCC(C)CNCCc1cccc(N)c1. The molecule has 15 heavy (non-hydrogen) atoms. The van der Waals surface area contributed by atoms with Gasteiger partial charge in [0.2, 0.25) is 0 Å². The molecule has 1 aromatic carbocycles. The highest BCUT2D eigenvalue weighted by atomic mass is 14.8. The van der Waals surface area contributed by atoms with Crippen LogP contribution in [-0.2, 0) is 6.42 Å². The van der Waals surface area contributed by atoms with E-state index in [1.807, 2.05) is 18.2 Å². The van der Waals surface area contributed by atoms with Crippen molar-refractivity contribution in [2.24, 2.45) is 5.92 Å². The number of nitrogen functional groups attached to an aromatic ring is 1. The Bertz CT molecular complexity index is 284. The molecule has 2 heteroatoms. The predicted octanol–water partition coefficient (Wildman–Crippen LogP) is 2.45. The van der Waals surface area contributed by atoms with E-state index < -0.39 is 0 Å². The molecule has 0 aliphatic rings. The molecule has 1 atom stereocenters. The van der Waals surface area contributed by atoms with Crippen LogP contribution in [0.5, 0.6) is 0 Å². The first kappa shape index (κ1) is 12.1. The highest BCUT2D eigenvalue weighted by Crippen LogP contribution is 2.06. The molecule has 1 aromatic rings. The highest BCUT2D eigenvalue weighted by molar-refractivity contribution is 5.40. The summed E-state index contributed by atoms with van der Waals surface area (Å²) < 4.78 is 0. The third kappa shape index (κ3) is 4.84. The van der Waals surface area contributed by atoms with Crippen LogP contribution in [0.2, 0.25) is 0 Å². The van der Waals surface area contributed by atoms with E-state index in [2.05, 4.69) is 25.2 Å². The standard InChI is InChI=1S/C13H22N2/c1-3-11(2)10-15-8-7-12-5-4-6-13(14)9-12/h4-6,9,11,15H,3,7-8,10,14H2,1-2H3. The summed E-state index contributed by atoms with van der Waals surface area (Å²) in [5.41, 5.74) is 7.88. The summed E-state index contributed by atoms with van der Waals surface area (Å²) in [5, 5.41) is 3.46. The topological polar surface area (TPSA) is 38.0 Å². The minimum Gasteiger partial charge on any atom is -0.399 e. The molecule has 2 nitrogen and oxygen atoms in total. The van der Waals surface area contributed by atoms with Gasteiger partial charge in [0, 0.05) is 5.69 Å². The normalized spacial score (nSPS) is 12.7. The van der Waals surface area contributed by atoms with Crippen LogP contribution in [-0.4, -0.2) is 13.1 Å². The molecule has 0 heterocycles. The number of rotatable bonds is 6. The van der Waals surface area contributed by atoms with Crippen molar-refractivity contribution in [3.8, 4) is 0 Å². The third-order valence-electron chi connectivity index (χ3n) is 2.73. The molecular formula is C13H22N2. The highest BCUT2D eigenvalue weighted by Gasteiger charge is 1.97. The van der Waals surface area contributed by atoms with Crippen LogP contribution in [0.1, 0.15) is 25.8 Å². The summed E-state index contributed by atoms with van der Waals surface area (Å²) in [4.78, 5) is 0. The van der Waals surface area contributed by atoms with Gasteiger partial charge in [-0.2, -0.15) is 0 Å². The van der Waals surface area contributed by atoms with Crippen molar-refractivity contribution in [2.75, 3.05) is 18.8 Å². The van der Waals surface area contributed by atoms with E-state index in [0.717, 1.165) is 31.1 Å². The first-order chi connectivity index (χ1) is 7.22. The molecule has 1 unspecified atom stereocenters. The molecule has 1 rings (SSSR count). The monoisotopic (exact) mass is 206 g/mol. The largest absolute Gasteiger partial charge is 0.399 e. The van der Waals surface area contributed by atoms with Crippen LogP contribution in [0.3, 0.4) is 0 Å². The van der Waals surface area contributed by atoms with Crippen molar-refractivity contribution in [1.82, 2.24) is 5.32 Å². The summed E-state index contributed by atoms with van der Waals surface area (Å²) in [6.45, 7) is 6.64. The molecule has 0 radical (unpaired) electrons. The van der Waals surface area contributed by atoms with Gasteiger partial charge in [0.15, 0.2) is 0 Å². The molecule has 0 bridgehead atoms. The van der Waals surface area contributed by atoms with Crippen LogP contribution >= 0.6 is 0 Å². The fourth-order valence-corrected chi connectivity index (χ4v) is 1.47. The van der Waals surface area contributed by atoms with Gasteiger partial charge in [-0.05, 0) is 43.1 Å². The van der Waals surface area contributed by atoms with Crippen LogP contribution in [0, 0.1) is 5.92 Å². The lowest BCUT2D eigenvalue weighted by molar-refractivity contribution is 0.502. The van der Waals surface area contributed by atoms with Gasteiger partial charge in [0.1, 0.15) is 0 Å². The van der Waals surface area contributed by atoms with Gasteiger partial charge >= 0.3 is 0 Å². The molecule has 0 aliphatic carbocycles.